The van der Waals surface area contributed by atoms with Gasteiger partial charge in [0.15, 0.2) is 6.10 Å². The van der Waals surface area contributed by atoms with Crippen molar-refractivity contribution in [1.29, 1.82) is 0 Å². The zero-order valence-corrected chi connectivity index (χ0v) is 27.9. The van der Waals surface area contributed by atoms with Gasteiger partial charge in [-0.3, -0.25) is 4.79 Å². The highest BCUT2D eigenvalue weighted by Gasteiger charge is 2.64. The highest BCUT2D eigenvalue weighted by atomic mass is 16.8. The number of carbonyl (C=O) groups excluding carboxylic acids is 2. The van der Waals surface area contributed by atoms with Crippen LogP contribution in [0.25, 0.3) is 0 Å². The summed E-state index contributed by atoms with van der Waals surface area (Å²) in [4.78, 5) is 27.4. The highest BCUT2D eigenvalue weighted by molar-refractivity contribution is 5.85. The van der Waals surface area contributed by atoms with Crippen LogP contribution in [-0.4, -0.2) is 66.7 Å². The van der Waals surface area contributed by atoms with Crippen LogP contribution in [0.15, 0.2) is 121 Å². The molecule has 0 N–H and O–H groups in total. The molecule has 0 aliphatic carbocycles. The molecule has 0 aromatic heterocycles. The molecule has 2 aliphatic rings. The van der Waals surface area contributed by atoms with Gasteiger partial charge in [0.1, 0.15) is 24.4 Å². The van der Waals surface area contributed by atoms with E-state index in [1.54, 1.807) is 7.05 Å². The number of nitrogens with zero attached hydrogens (tertiary/aromatic N) is 1. The van der Waals surface area contributed by atoms with Gasteiger partial charge in [0.25, 0.3) is 0 Å². The predicted octanol–water partition coefficient (Wildman–Crippen LogP) is 5.85. The van der Waals surface area contributed by atoms with Crippen LogP contribution in [0.1, 0.15) is 35.6 Å². The third kappa shape index (κ3) is 8.62. The number of ether oxygens (including phenoxy) is 6. The van der Waals surface area contributed by atoms with Gasteiger partial charge in [-0.1, -0.05) is 121 Å². The molecule has 2 aliphatic heterocycles. The molecule has 2 saturated heterocycles. The van der Waals surface area contributed by atoms with Gasteiger partial charge in [-0.05, 0) is 22.3 Å². The molecule has 2 heterocycles. The molecule has 6 rings (SSSR count). The number of hydrogen-bond donors (Lipinski definition) is 0. The summed E-state index contributed by atoms with van der Waals surface area (Å²) in [5.41, 5.74) is 3.87. The lowest BCUT2D eigenvalue weighted by molar-refractivity contribution is -0.364. The van der Waals surface area contributed by atoms with Gasteiger partial charge in [-0.25, -0.2) is 4.79 Å². The first-order valence-corrected chi connectivity index (χ1v) is 16.6. The van der Waals surface area contributed by atoms with E-state index in [1.807, 2.05) is 121 Å². The molecule has 1 amide bonds. The first kappa shape index (κ1) is 34.5. The molecule has 49 heavy (non-hydrogen) atoms. The van der Waals surface area contributed by atoms with Crippen LogP contribution in [0.4, 0.5) is 0 Å². The molecule has 1 spiro atoms. The van der Waals surface area contributed by atoms with Crippen molar-refractivity contribution in [3.63, 3.8) is 0 Å². The normalized spacial score (nSPS) is 24.9. The Morgan fingerprint density at radius 2 is 1.14 bits per heavy atom. The highest BCUT2D eigenvalue weighted by Crippen LogP contribution is 2.44. The van der Waals surface area contributed by atoms with Crippen LogP contribution >= 0.6 is 0 Å². The summed E-state index contributed by atoms with van der Waals surface area (Å²) in [6.45, 7) is 2.62. The van der Waals surface area contributed by atoms with Gasteiger partial charge in [0.05, 0.1) is 33.0 Å². The molecular formula is C40H43NO8. The zero-order chi connectivity index (χ0) is 34.1. The van der Waals surface area contributed by atoms with E-state index in [1.165, 1.54) is 11.8 Å². The van der Waals surface area contributed by atoms with Crippen molar-refractivity contribution in [3.8, 4) is 0 Å². The summed E-state index contributed by atoms with van der Waals surface area (Å²) in [7, 11) is 1.59. The minimum absolute atomic E-state index is 0.0488. The van der Waals surface area contributed by atoms with Crippen molar-refractivity contribution in [2.24, 2.45) is 0 Å². The smallest absolute Gasteiger partial charge is 0.331 e. The lowest BCUT2D eigenvalue weighted by atomic mass is 9.89. The fraction of sp³-hybridized carbons (Fsp3) is 0.350. The largest absolute Gasteiger partial charge is 0.428 e. The number of likely N-dealkylation sites (N-methyl/N-ethyl adjacent to an activating group) is 1. The van der Waals surface area contributed by atoms with Crippen molar-refractivity contribution < 1.29 is 38.0 Å². The Balaban J connectivity index is 1.37. The minimum atomic E-state index is -1.59. The van der Waals surface area contributed by atoms with Crippen LogP contribution in [0.2, 0.25) is 0 Å². The van der Waals surface area contributed by atoms with Gasteiger partial charge in [-0.2, -0.15) is 0 Å². The minimum Gasteiger partial charge on any atom is -0.428 e. The maximum Gasteiger partial charge on any atom is 0.331 e. The molecule has 4 aromatic rings. The molecule has 9 heteroatoms. The quantitative estimate of drug-likeness (QED) is 0.155. The molecule has 4 aromatic carbocycles. The van der Waals surface area contributed by atoms with E-state index in [9.17, 15) is 9.59 Å². The molecule has 0 radical (unpaired) electrons. The van der Waals surface area contributed by atoms with Crippen LogP contribution in [0, 0.1) is 0 Å². The molecule has 9 nitrogen and oxygen atoms in total. The number of hydrogen-bond acceptors (Lipinski definition) is 8. The van der Waals surface area contributed by atoms with Gasteiger partial charge in [-0.15, -0.1) is 0 Å². The molecule has 0 bridgehead atoms. The van der Waals surface area contributed by atoms with E-state index in [4.69, 9.17) is 28.4 Å². The van der Waals surface area contributed by atoms with E-state index in [0.29, 0.717) is 6.61 Å². The van der Waals surface area contributed by atoms with E-state index in [2.05, 4.69) is 0 Å². The monoisotopic (exact) mass is 665 g/mol. The average molecular weight is 666 g/mol. The van der Waals surface area contributed by atoms with Crippen molar-refractivity contribution in [3.05, 3.63) is 144 Å². The molecule has 6 atom stereocenters. The molecule has 2 fully saturated rings. The Bertz CT molecular complexity index is 1620. The summed E-state index contributed by atoms with van der Waals surface area (Å²) < 4.78 is 39.5. The van der Waals surface area contributed by atoms with E-state index >= 15 is 0 Å². The SMILES string of the molecule is CC(=O)N(C)[C@@H]1C[C@@]2(OC1=O)OC(COCc1ccccc1)[C@H](OCc1ccccc1)[C@H](OCc1ccccc1)[C@H]2OCc1ccccc1. The number of benzene rings is 4. The summed E-state index contributed by atoms with van der Waals surface area (Å²) in [6.07, 6.45) is -3.04. The summed E-state index contributed by atoms with van der Waals surface area (Å²) in [6, 6.07) is 38.5. The van der Waals surface area contributed by atoms with Crippen LogP contribution in [0.3, 0.4) is 0 Å². The van der Waals surface area contributed by atoms with Gasteiger partial charge >= 0.3 is 5.97 Å². The van der Waals surface area contributed by atoms with Gasteiger partial charge in [0.2, 0.25) is 11.7 Å². The Kier molecular flexibility index (Phi) is 11.5. The van der Waals surface area contributed by atoms with E-state index < -0.39 is 42.2 Å². The van der Waals surface area contributed by atoms with E-state index in [0.717, 1.165) is 22.3 Å². The summed E-state index contributed by atoms with van der Waals surface area (Å²) in [5, 5.41) is 0. The van der Waals surface area contributed by atoms with Crippen molar-refractivity contribution in [2.75, 3.05) is 13.7 Å². The Labute approximate surface area is 287 Å². The first-order valence-electron chi connectivity index (χ1n) is 16.6. The van der Waals surface area contributed by atoms with E-state index in [-0.39, 0.29) is 38.8 Å². The Morgan fingerprint density at radius 1 is 0.694 bits per heavy atom. The maximum atomic E-state index is 13.5. The summed E-state index contributed by atoms with van der Waals surface area (Å²) in [5.74, 6) is -2.42. The van der Waals surface area contributed by atoms with Crippen molar-refractivity contribution in [2.45, 2.75) is 76.0 Å². The average Bonchev–Trinajstić information content (AvgIpc) is 3.46. The third-order valence-electron chi connectivity index (χ3n) is 9.00. The number of carbonyl (C=O) groups is 2. The number of esters is 1. The number of amides is 1. The predicted molar refractivity (Wildman–Crippen MR) is 182 cm³/mol. The summed E-state index contributed by atoms with van der Waals surface area (Å²) >= 11 is 0. The number of rotatable bonds is 14. The van der Waals surface area contributed by atoms with Gasteiger partial charge in [0, 0.05) is 20.4 Å². The molecule has 1 unspecified atom stereocenters. The van der Waals surface area contributed by atoms with Crippen LogP contribution in [0.5, 0.6) is 0 Å². The zero-order valence-electron chi connectivity index (χ0n) is 27.9. The van der Waals surface area contributed by atoms with Crippen molar-refractivity contribution >= 4 is 11.9 Å². The van der Waals surface area contributed by atoms with Crippen molar-refractivity contribution in [1.82, 2.24) is 4.90 Å². The lowest BCUT2D eigenvalue weighted by Gasteiger charge is -2.50. The second kappa shape index (κ2) is 16.3. The van der Waals surface area contributed by atoms with Crippen LogP contribution in [-0.2, 0) is 64.4 Å². The molecule has 256 valence electrons. The lowest BCUT2D eigenvalue weighted by Crippen LogP contribution is -2.67. The topological polar surface area (TPSA) is 92.8 Å². The molecular weight excluding hydrogens is 622 g/mol. The Morgan fingerprint density at radius 3 is 1.63 bits per heavy atom. The second-order valence-corrected chi connectivity index (χ2v) is 12.5. The van der Waals surface area contributed by atoms with Gasteiger partial charge < -0.3 is 33.3 Å². The van der Waals surface area contributed by atoms with Crippen LogP contribution < -0.4 is 0 Å². The fourth-order valence-electron chi connectivity index (χ4n) is 6.31. The second-order valence-electron chi connectivity index (χ2n) is 12.5. The third-order valence-corrected chi connectivity index (χ3v) is 9.00. The standard InChI is InChI=1S/C40H43NO8/c1-29(42)41(2)34-23-40(49-39(34)43)38(47-27-33-21-13-6-14-22-33)37(46-26-32-19-11-5-12-20-32)36(45-25-31-17-9-4-10-18-31)35(48-40)28-44-24-30-15-7-3-8-16-30/h3-22,34-38H,23-28H2,1-2H3/t34-,35?,36+,37+,38-,40+/m1/s1. The first-order chi connectivity index (χ1) is 23.9. The molecule has 0 saturated carbocycles. The maximum absolute atomic E-state index is 13.5. The fourth-order valence-corrected chi connectivity index (χ4v) is 6.31. The Hall–Kier alpha value is -4.38.